The minimum absolute atomic E-state index is 0.0203. The number of benzene rings is 1. The van der Waals surface area contributed by atoms with Crippen molar-refractivity contribution in [3.05, 3.63) is 30.1 Å². The van der Waals surface area contributed by atoms with Crippen molar-refractivity contribution >= 4 is 9.84 Å². The Hall–Kier alpha value is -0.940. The van der Waals surface area contributed by atoms with Gasteiger partial charge < -0.3 is 4.74 Å². The second-order valence-corrected chi connectivity index (χ2v) is 5.23. The van der Waals surface area contributed by atoms with Gasteiger partial charge in [0.25, 0.3) is 0 Å². The summed E-state index contributed by atoms with van der Waals surface area (Å²) in [5, 5.41) is 0. The van der Waals surface area contributed by atoms with E-state index in [4.69, 9.17) is 4.74 Å². The Labute approximate surface area is 88.8 Å². The standard InChI is InChI=1S/C10H13FO3S/c1-14-7-2-8-15(12,13)10-5-3-9(11)4-6-10/h3-6H,2,7-8H2,1H3. The maximum atomic E-state index is 12.6. The predicted octanol–water partition coefficient (Wildman–Crippen LogP) is 1.64. The minimum Gasteiger partial charge on any atom is -0.385 e. The van der Waals surface area contributed by atoms with E-state index in [-0.39, 0.29) is 10.6 Å². The molecule has 0 aliphatic carbocycles. The Balaban J connectivity index is 2.73. The molecule has 1 aromatic rings. The molecule has 15 heavy (non-hydrogen) atoms. The highest BCUT2D eigenvalue weighted by Gasteiger charge is 2.13. The number of sulfone groups is 1. The van der Waals surface area contributed by atoms with Crippen LogP contribution in [0.4, 0.5) is 4.39 Å². The van der Waals surface area contributed by atoms with E-state index in [1.807, 2.05) is 0 Å². The van der Waals surface area contributed by atoms with Gasteiger partial charge in [0.15, 0.2) is 9.84 Å². The van der Waals surface area contributed by atoms with Gasteiger partial charge in [0, 0.05) is 13.7 Å². The fourth-order valence-corrected chi connectivity index (χ4v) is 2.44. The number of hydrogen-bond donors (Lipinski definition) is 0. The number of rotatable bonds is 5. The zero-order valence-corrected chi connectivity index (χ0v) is 9.26. The fourth-order valence-electron chi connectivity index (χ4n) is 1.15. The van der Waals surface area contributed by atoms with Crippen LogP contribution < -0.4 is 0 Å². The van der Waals surface area contributed by atoms with Gasteiger partial charge >= 0.3 is 0 Å². The van der Waals surface area contributed by atoms with E-state index in [0.29, 0.717) is 13.0 Å². The molecule has 0 unspecified atom stereocenters. The summed E-state index contributed by atoms with van der Waals surface area (Å²) in [6, 6.07) is 4.83. The molecule has 0 aliphatic heterocycles. The van der Waals surface area contributed by atoms with Gasteiger partial charge in [-0.15, -0.1) is 0 Å². The van der Waals surface area contributed by atoms with Gasteiger partial charge in [0.1, 0.15) is 5.82 Å². The van der Waals surface area contributed by atoms with Gasteiger partial charge in [-0.25, -0.2) is 12.8 Å². The van der Waals surface area contributed by atoms with Crippen LogP contribution in [0.5, 0.6) is 0 Å². The Morgan fingerprint density at radius 1 is 1.27 bits per heavy atom. The van der Waals surface area contributed by atoms with E-state index in [2.05, 4.69) is 0 Å². The molecule has 1 rings (SSSR count). The van der Waals surface area contributed by atoms with E-state index in [1.165, 1.54) is 19.2 Å². The molecule has 0 saturated carbocycles. The minimum atomic E-state index is -3.30. The third kappa shape index (κ3) is 3.60. The molecule has 0 heterocycles. The van der Waals surface area contributed by atoms with Crippen molar-refractivity contribution in [3.8, 4) is 0 Å². The van der Waals surface area contributed by atoms with Gasteiger partial charge in [0.05, 0.1) is 10.6 Å². The summed E-state index contributed by atoms with van der Waals surface area (Å²) < 4.78 is 40.6. The summed E-state index contributed by atoms with van der Waals surface area (Å²) >= 11 is 0. The molecule has 1 aromatic carbocycles. The molecule has 0 bridgehead atoms. The van der Waals surface area contributed by atoms with Crippen molar-refractivity contribution in [1.82, 2.24) is 0 Å². The summed E-state index contributed by atoms with van der Waals surface area (Å²) in [6.07, 6.45) is 0.441. The van der Waals surface area contributed by atoms with E-state index in [9.17, 15) is 12.8 Å². The van der Waals surface area contributed by atoms with E-state index >= 15 is 0 Å². The lowest BCUT2D eigenvalue weighted by atomic mass is 10.4. The van der Waals surface area contributed by atoms with Gasteiger partial charge in [-0.2, -0.15) is 0 Å². The van der Waals surface area contributed by atoms with Crippen LogP contribution in [0.15, 0.2) is 29.2 Å². The van der Waals surface area contributed by atoms with Crippen molar-refractivity contribution < 1.29 is 17.5 Å². The van der Waals surface area contributed by atoms with E-state index in [0.717, 1.165) is 12.1 Å². The average molecular weight is 232 g/mol. The summed E-state index contributed by atoms with van der Waals surface area (Å²) in [4.78, 5) is 0.153. The SMILES string of the molecule is COCCCS(=O)(=O)c1ccc(F)cc1. The second-order valence-electron chi connectivity index (χ2n) is 3.12. The van der Waals surface area contributed by atoms with E-state index < -0.39 is 15.7 Å². The highest BCUT2D eigenvalue weighted by atomic mass is 32.2. The van der Waals surface area contributed by atoms with Crippen LogP contribution in [0.3, 0.4) is 0 Å². The number of methoxy groups -OCH3 is 1. The van der Waals surface area contributed by atoms with Crippen LogP contribution in [0, 0.1) is 5.82 Å². The first-order valence-electron chi connectivity index (χ1n) is 4.53. The second kappa shape index (κ2) is 5.23. The topological polar surface area (TPSA) is 43.4 Å². The maximum absolute atomic E-state index is 12.6. The molecule has 0 spiro atoms. The molecular formula is C10H13FO3S. The summed E-state index contributed by atoms with van der Waals surface area (Å²) in [7, 11) is -1.78. The third-order valence-electron chi connectivity index (χ3n) is 1.93. The molecule has 0 radical (unpaired) electrons. The number of ether oxygens (including phenoxy) is 1. The summed E-state index contributed by atoms with van der Waals surface area (Å²) in [5.74, 6) is -0.419. The van der Waals surface area contributed by atoms with Crippen molar-refractivity contribution in [1.29, 1.82) is 0 Å². The van der Waals surface area contributed by atoms with Crippen molar-refractivity contribution in [3.63, 3.8) is 0 Å². The molecule has 0 atom stereocenters. The Morgan fingerprint density at radius 3 is 2.40 bits per heavy atom. The lowest BCUT2D eigenvalue weighted by Crippen LogP contribution is -2.08. The molecular weight excluding hydrogens is 219 g/mol. The molecule has 0 aliphatic rings. The average Bonchev–Trinajstić information content (AvgIpc) is 2.18. The smallest absolute Gasteiger partial charge is 0.178 e. The summed E-state index contributed by atoms with van der Waals surface area (Å²) in [6.45, 7) is 0.403. The van der Waals surface area contributed by atoms with E-state index in [1.54, 1.807) is 0 Å². The first-order valence-corrected chi connectivity index (χ1v) is 6.19. The van der Waals surface area contributed by atoms with Crippen LogP contribution in [0.2, 0.25) is 0 Å². The predicted molar refractivity (Wildman–Crippen MR) is 54.9 cm³/mol. The molecule has 5 heteroatoms. The lowest BCUT2D eigenvalue weighted by Gasteiger charge is -2.03. The first kappa shape index (κ1) is 12.1. The maximum Gasteiger partial charge on any atom is 0.178 e. The molecule has 0 aromatic heterocycles. The highest BCUT2D eigenvalue weighted by molar-refractivity contribution is 7.91. The zero-order chi connectivity index (χ0) is 11.3. The zero-order valence-electron chi connectivity index (χ0n) is 8.44. The van der Waals surface area contributed by atoms with Crippen molar-refractivity contribution in [2.45, 2.75) is 11.3 Å². The Kier molecular flexibility index (Phi) is 4.23. The van der Waals surface area contributed by atoms with Gasteiger partial charge in [-0.1, -0.05) is 0 Å². The Morgan fingerprint density at radius 2 is 1.87 bits per heavy atom. The molecule has 84 valence electrons. The molecule has 0 N–H and O–H groups in total. The monoisotopic (exact) mass is 232 g/mol. The lowest BCUT2D eigenvalue weighted by molar-refractivity contribution is 0.199. The largest absolute Gasteiger partial charge is 0.385 e. The Bertz CT molecular complexity index is 397. The van der Waals surface area contributed by atoms with Crippen molar-refractivity contribution in [2.75, 3.05) is 19.5 Å². The number of hydrogen-bond acceptors (Lipinski definition) is 3. The van der Waals surface area contributed by atoms with Gasteiger partial charge in [-0.05, 0) is 30.7 Å². The van der Waals surface area contributed by atoms with Gasteiger partial charge in [0.2, 0.25) is 0 Å². The van der Waals surface area contributed by atoms with Crippen LogP contribution in [0.1, 0.15) is 6.42 Å². The normalized spacial score (nSPS) is 11.6. The van der Waals surface area contributed by atoms with Crippen LogP contribution in [0.25, 0.3) is 0 Å². The van der Waals surface area contributed by atoms with Crippen molar-refractivity contribution in [2.24, 2.45) is 0 Å². The van der Waals surface area contributed by atoms with Crippen LogP contribution in [-0.4, -0.2) is 27.9 Å². The van der Waals surface area contributed by atoms with Gasteiger partial charge in [-0.3, -0.25) is 0 Å². The highest BCUT2D eigenvalue weighted by Crippen LogP contribution is 2.12. The molecule has 3 nitrogen and oxygen atoms in total. The fraction of sp³-hybridized carbons (Fsp3) is 0.400. The molecule has 0 fully saturated rings. The number of halogens is 1. The first-order chi connectivity index (χ1) is 7.06. The quantitative estimate of drug-likeness (QED) is 0.572. The van der Waals surface area contributed by atoms with Crippen LogP contribution in [-0.2, 0) is 14.6 Å². The van der Waals surface area contributed by atoms with Crippen LogP contribution >= 0.6 is 0 Å². The molecule has 0 amide bonds. The summed E-state index contributed by atoms with van der Waals surface area (Å²) in [5.41, 5.74) is 0. The third-order valence-corrected chi connectivity index (χ3v) is 3.75. The molecule has 0 saturated heterocycles.